The van der Waals surface area contributed by atoms with Gasteiger partial charge in [-0.25, -0.2) is 43.2 Å². The molecule has 1 rings (SSSR count). The van der Waals surface area contributed by atoms with Crippen molar-refractivity contribution in [3.05, 3.63) is 31.5 Å². The first-order chi connectivity index (χ1) is 11.3. The fourth-order valence-corrected chi connectivity index (χ4v) is 1.30. The molecular weight excluding hydrogens is 336 g/mol. The van der Waals surface area contributed by atoms with Gasteiger partial charge >= 0.3 is 35.2 Å². The fourth-order valence-electron chi connectivity index (χ4n) is 1.30. The standard InChI is InChI=1S/C9N6O9/c16-1-10-4(19)13-7(22)14(5(20)11-2-17)9(24)15(8(13)23)6(21)12-3-18. The van der Waals surface area contributed by atoms with E-state index < -0.39 is 48.9 Å². The molecule has 0 radical (unpaired) electrons. The molecule has 15 nitrogen and oxygen atoms in total. The monoisotopic (exact) mass is 336 g/mol. The van der Waals surface area contributed by atoms with Crippen LogP contribution in [0.5, 0.6) is 0 Å². The highest BCUT2D eigenvalue weighted by Gasteiger charge is 2.26. The molecule has 1 heterocycles. The smallest absolute Gasteiger partial charge is 0.246 e. The number of isocyanates is 3. The van der Waals surface area contributed by atoms with E-state index in [2.05, 4.69) is 15.0 Å². The van der Waals surface area contributed by atoms with Crippen molar-refractivity contribution in [1.29, 1.82) is 0 Å². The van der Waals surface area contributed by atoms with E-state index in [1.165, 1.54) is 0 Å². The Bertz CT molecular complexity index is 914. The predicted octanol–water partition coefficient (Wildman–Crippen LogP) is -2.92. The zero-order chi connectivity index (χ0) is 18.4. The molecule has 0 N–H and O–H groups in total. The van der Waals surface area contributed by atoms with Gasteiger partial charge in [-0.1, -0.05) is 0 Å². The molecule has 0 fully saturated rings. The average Bonchev–Trinajstić information content (AvgIpc) is 2.47. The van der Waals surface area contributed by atoms with Crippen molar-refractivity contribution in [3.8, 4) is 0 Å². The molecule has 120 valence electrons. The number of aliphatic imine (C=N–C) groups is 3. The molecule has 15 heteroatoms. The summed E-state index contributed by atoms with van der Waals surface area (Å²) in [5.41, 5.74) is -6.01. The lowest BCUT2D eigenvalue weighted by Crippen LogP contribution is -2.58. The van der Waals surface area contributed by atoms with Gasteiger partial charge in [0, 0.05) is 0 Å². The van der Waals surface area contributed by atoms with Gasteiger partial charge in [0.25, 0.3) is 0 Å². The van der Waals surface area contributed by atoms with E-state index in [1.54, 1.807) is 0 Å². The average molecular weight is 336 g/mol. The van der Waals surface area contributed by atoms with Crippen LogP contribution >= 0.6 is 0 Å². The van der Waals surface area contributed by atoms with Gasteiger partial charge in [-0.15, -0.1) is 15.0 Å². The summed E-state index contributed by atoms with van der Waals surface area (Å²) in [6, 6.07) is -5.81. The van der Waals surface area contributed by atoms with Gasteiger partial charge in [-0.3, -0.25) is 0 Å². The molecule has 0 saturated carbocycles. The Hall–Kier alpha value is -4.44. The molecule has 1 aromatic rings. The number of hydrogen-bond donors (Lipinski definition) is 0. The lowest BCUT2D eigenvalue weighted by atomic mass is 10.7. The van der Waals surface area contributed by atoms with Crippen LogP contribution in [0, 0.1) is 0 Å². The van der Waals surface area contributed by atoms with Crippen LogP contribution in [0.15, 0.2) is 29.4 Å². The Labute approximate surface area is 126 Å². The molecule has 0 aliphatic carbocycles. The van der Waals surface area contributed by atoms with Crippen LogP contribution in [-0.4, -0.2) is 50.0 Å². The highest BCUT2D eigenvalue weighted by Crippen LogP contribution is 1.84. The lowest BCUT2D eigenvalue weighted by molar-refractivity contribution is 0.239. The molecule has 1 aromatic heterocycles. The molecule has 24 heavy (non-hydrogen) atoms. The van der Waals surface area contributed by atoms with Crippen LogP contribution in [0.2, 0.25) is 0 Å². The second-order valence-electron chi connectivity index (χ2n) is 3.31. The van der Waals surface area contributed by atoms with E-state index in [4.69, 9.17) is 0 Å². The third-order valence-corrected chi connectivity index (χ3v) is 2.15. The van der Waals surface area contributed by atoms with E-state index in [1.807, 2.05) is 0 Å². The van der Waals surface area contributed by atoms with E-state index in [0.717, 1.165) is 0 Å². The van der Waals surface area contributed by atoms with Gasteiger partial charge in [0.1, 0.15) is 0 Å². The normalized spacial score (nSPS) is 9.00. The van der Waals surface area contributed by atoms with E-state index in [9.17, 15) is 43.2 Å². The Morgan fingerprint density at radius 2 is 0.792 bits per heavy atom. The van der Waals surface area contributed by atoms with Crippen molar-refractivity contribution in [2.75, 3.05) is 0 Å². The van der Waals surface area contributed by atoms with Crippen molar-refractivity contribution in [2.45, 2.75) is 0 Å². The number of rotatable bonds is 0. The SMILES string of the molecule is O=C=NC(=O)n1c(=O)n(C(=O)N=C=O)c(=O)n(C(=O)N=C=O)c1=O. The molecule has 0 spiro atoms. The fraction of sp³-hybridized carbons (Fsp3) is 0. The van der Waals surface area contributed by atoms with Gasteiger partial charge in [0.05, 0.1) is 0 Å². The molecule has 0 bridgehead atoms. The van der Waals surface area contributed by atoms with Crippen LogP contribution in [0.4, 0.5) is 14.4 Å². The lowest BCUT2D eigenvalue weighted by Gasteiger charge is -2.05. The second-order valence-corrected chi connectivity index (χ2v) is 3.31. The number of carbonyl (C=O) groups is 3. The summed E-state index contributed by atoms with van der Waals surface area (Å²) in [6.45, 7) is 0. The number of hydrogen-bond acceptors (Lipinski definition) is 9. The summed E-state index contributed by atoms with van der Waals surface area (Å²) in [5, 5.41) is 0. The van der Waals surface area contributed by atoms with Crippen molar-refractivity contribution in [2.24, 2.45) is 15.0 Å². The summed E-state index contributed by atoms with van der Waals surface area (Å²) >= 11 is 0. The minimum absolute atomic E-state index is 0.608. The quantitative estimate of drug-likeness (QED) is 0.350. The minimum atomic E-state index is -2.00. The molecule has 0 atom stereocenters. The van der Waals surface area contributed by atoms with Crippen LogP contribution in [0.25, 0.3) is 0 Å². The Morgan fingerprint density at radius 1 is 0.583 bits per heavy atom. The molecule has 0 unspecified atom stereocenters. The van der Waals surface area contributed by atoms with E-state index in [-0.39, 0.29) is 0 Å². The highest BCUT2D eigenvalue weighted by atomic mass is 16.2. The summed E-state index contributed by atoms with van der Waals surface area (Å²) in [7, 11) is 0. The molecular formula is C9N6O9. The van der Waals surface area contributed by atoms with Crippen LogP contribution < -0.4 is 17.1 Å². The molecule has 0 aromatic carbocycles. The van der Waals surface area contributed by atoms with Crippen molar-refractivity contribution < 1.29 is 28.8 Å². The van der Waals surface area contributed by atoms with Gasteiger partial charge in [-0.05, 0) is 0 Å². The first-order valence-electron chi connectivity index (χ1n) is 5.19. The number of nitrogens with zero attached hydrogens (tertiary/aromatic N) is 6. The Balaban J connectivity index is 4.18. The summed E-state index contributed by atoms with van der Waals surface area (Å²) in [4.78, 5) is 107. The topological polar surface area (TPSA) is 206 Å². The van der Waals surface area contributed by atoms with Crippen LogP contribution in [0.3, 0.4) is 0 Å². The number of carbonyl (C=O) groups excluding carboxylic acids is 6. The van der Waals surface area contributed by atoms with Gasteiger partial charge in [0.2, 0.25) is 18.2 Å². The zero-order valence-electron chi connectivity index (χ0n) is 10.9. The van der Waals surface area contributed by atoms with Crippen molar-refractivity contribution in [3.63, 3.8) is 0 Å². The largest absolute Gasteiger partial charge is 0.371 e. The maximum Gasteiger partial charge on any atom is 0.371 e. The maximum absolute atomic E-state index is 11.8. The first kappa shape index (κ1) is 17.6. The molecule has 0 aliphatic heterocycles. The molecule has 0 aliphatic rings. The summed E-state index contributed by atoms with van der Waals surface area (Å²) in [5.74, 6) is 0. The van der Waals surface area contributed by atoms with E-state index >= 15 is 0 Å². The van der Waals surface area contributed by atoms with Gasteiger partial charge in [0.15, 0.2) is 0 Å². The minimum Gasteiger partial charge on any atom is -0.246 e. The highest BCUT2D eigenvalue weighted by molar-refractivity contribution is 5.86. The third kappa shape index (κ3) is 2.93. The molecule has 3 amide bonds. The predicted molar refractivity (Wildman–Crippen MR) is 66.0 cm³/mol. The molecule has 0 saturated heterocycles. The Kier molecular flexibility index (Phi) is 5.15. The van der Waals surface area contributed by atoms with Gasteiger partial charge in [-0.2, -0.15) is 13.7 Å². The Morgan fingerprint density at radius 3 is 0.958 bits per heavy atom. The summed E-state index contributed by atoms with van der Waals surface area (Å²) < 4.78 is -1.83. The van der Waals surface area contributed by atoms with Crippen LogP contribution in [-0.2, 0) is 14.4 Å². The zero-order valence-corrected chi connectivity index (χ0v) is 10.9. The van der Waals surface area contributed by atoms with Gasteiger partial charge < -0.3 is 0 Å². The summed E-state index contributed by atoms with van der Waals surface area (Å²) in [6.07, 6.45) is 2.01. The first-order valence-corrected chi connectivity index (χ1v) is 5.19. The number of aromatic nitrogens is 3. The van der Waals surface area contributed by atoms with Crippen molar-refractivity contribution >= 4 is 36.3 Å². The van der Waals surface area contributed by atoms with Crippen molar-refractivity contribution in [1.82, 2.24) is 13.7 Å². The second kappa shape index (κ2) is 7.02. The maximum atomic E-state index is 11.8. The van der Waals surface area contributed by atoms with Crippen LogP contribution in [0.1, 0.15) is 0 Å². The number of amides is 3. The third-order valence-electron chi connectivity index (χ3n) is 2.15. The van der Waals surface area contributed by atoms with E-state index in [0.29, 0.717) is 18.2 Å².